The van der Waals surface area contributed by atoms with E-state index in [2.05, 4.69) is 10.2 Å². The summed E-state index contributed by atoms with van der Waals surface area (Å²) in [7, 11) is 1.70. The summed E-state index contributed by atoms with van der Waals surface area (Å²) in [5.74, 6) is 0.504. The van der Waals surface area contributed by atoms with E-state index in [4.69, 9.17) is 23.2 Å². The highest BCUT2D eigenvalue weighted by atomic mass is 35.5. The van der Waals surface area contributed by atoms with Gasteiger partial charge in [0.15, 0.2) is 11.5 Å². The molecule has 0 aliphatic carbocycles. The van der Waals surface area contributed by atoms with Crippen LogP contribution in [0.5, 0.6) is 0 Å². The smallest absolute Gasteiger partial charge is 0.246 e. The van der Waals surface area contributed by atoms with E-state index in [1.54, 1.807) is 36.2 Å². The summed E-state index contributed by atoms with van der Waals surface area (Å²) >= 11 is 12.2. The summed E-state index contributed by atoms with van der Waals surface area (Å²) in [4.78, 5) is 13.8. The summed E-state index contributed by atoms with van der Waals surface area (Å²) in [6.07, 6.45) is 4.92. The van der Waals surface area contributed by atoms with Crippen LogP contribution in [0.1, 0.15) is 11.4 Å². The molecule has 0 aliphatic heterocycles. The number of benzene rings is 1. The normalized spacial score (nSPS) is 11.3. The number of rotatable bonds is 4. The molecule has 0 saturated heterocycles. The van der Waals surface area contributed by atoms with Crippen molar-refractivity contribution >= 4 is 40.8 Å². The van der Waals surface area contributed by atoms with Crippen LogP contribution in [0.15, 0.2) is 48.7 Å². The van der Waals surface area contributed by atoms with E-state index in [0.29, 0.717) is 28.0 Å². The van der Waals surface area contributed by atoms with Crippen LogP contribution in [0.2, 0.25) is 10.0 Å². The van der Waals surface area contributed by atoms with Crippen molar-refractivity contribution in [2.45, 2.75) is 6.54 Å². The fourth-order valence-electron chi connectivity index (χ4n) is 2.24. The average molecular weight is 361 g/mol. The van der Waals surface area contributed by atoms with Gasteiger partial charge in [-0.15, -0.1) is 10.2 Å². The Labute approximate surface area is 149 Å². The van der Waals surface area contributed by atoms with Crippen LogP contribution >= 0.6 is 23.2 Å². The van der Waals surface area contributed by atoms with E-state index in [1.807, 2.05) is 28.8 Å². The van der Waals surface area contributed by atoms with Gasteiger partial charge in [0.05, 0.1) is 6.54 Å². The molecule has 2 heterocycles. The van der Waals surface area contributed by atoms with Crippen LogP contribution in [0, 0.1) is 0 Å². The van der Waals surface area contributed by atoms with Gasteiger partial charge in [0.1, 0.15) is 0 Å². The minimum absolute atomic E-state index is 0.182. The van der Waals surface area contributed by atoms with Gasteiger partial charge in [0.2, 0.25) is 5.91 Å². The number of carbonyl (C=O) groups excluding carboxylic acids is 1. The maximum absolute atomic E-state index is 12.3. The van der Waals surface area contributed by atoms with E-state index in [0.717, 1.165) is 5.65 Å². The molecule has 0 spiro atoms. The minimum Gasteiger partial charge on any atom is -0.335 e. The Morgan fingerprint density at radius 2 is 1.92 bits per heavy atom. The monoisotopic (exact) mass is 360 g/mol. The molecule has 1 amide bonds. The lowest BCUT2D eigenvalue weighted by Crippen LogP contribution is -2.25. The highest BCUT2D eigenvalue weighted by Crippen LogP contribution is 2.25. The number of carbonyl (C=O) groups is 1. The van der Waals surface area contributed by atoms with Crippen LogP contribution < -0.4 is 0 Å². The molecule has 0 unspecified atom stereocenters. The van der Waals surface area contributed by atoms with Gasteiger partial charge in [0.25, 0.3) is 0 Å². The zero-order valence-electron chi connectivity index (χ0n) is 12.9. The number of fused-ring (bicyclic) bond motifs is 1. The number of pyridine rings is 1. The fraction of sp³-hybridized carbons (Fsp3) is 0.118. The van der Waals surface area contributed by atoms with Crippen molar-refractivity contribution in [3.8, 4) is 0 Å². The van der Waals surface area contributed by atoms with Crippen LogP contribution in [-0.2, 0) is 11.3 Å². The molecule has 5 nitrogen and oxygen atoms in total. The molecule has 0 radical (unpaired) electrons. The van der Waals surface area contributed by atoms with Crippen LogP contribution in [-0.4, -0.2) is 32.5 Å². The molecular formula is C17H14Cl2N4O. The lowest BCUT2D eigenvalue weighted by molar-refractivity contribution is -0.125. The molecule has 2 aromatic heterocycles. The van der Waals surface area contributed by atoms with Gasteiger partial charge in [-0.1, -0.05) is 35.3 Å². The average Bonchev–Trinajstić information content (AvgIpc) is 2.97. The summed E-state index contributed by atoms with van der Waals surface area (Å²) in [5.41, 5.74) is 1.36. The highest BCUT2D eigenvalue weighted by molar-refractivity contribution is 6.37. The molecule has 0 aliphatic rings. The van der Waals surface area contributed by atoms with E-state index in [9.17, 15) is 4.79 Å². The largest absolute Gasteiger partial charge is 0.335 e. The lowest BCUT2D eigenvalue weighted by Gasteiger charge is -2.13. The Morgan fingerprint density at radius 1 is 1.17 bits per heavy atom. The summed E-state index contributed by atoms with van der Waals surface area (Å²) < 4.78 is 1.85. The molecule has 1 aromatic carbocycles. The quantitative estimate of drug-likeness (QED) is 0.666. The van der Waals surface area contributed by atoms with Crippen molar-refractivity contribution in [3.63, 3.8) is 0 Å². The van der Waals surface area contributed by atoms with E-state index < -0.39 is 0 Å². The van der Waals surface area contributed by atoms with Crippen LogP contribution in [0.3, 0.4) is 0 Å². The van der Waals surface area contributed by atoms with Gasteiger partial charge in [-0.25, -0.2) is 0 Å². The first-order chi connectivity index (χ1) is 11.6. The van der Waals surface area contributed by atoms with E-state index in [1.165, 1.54) is 6.08 Å². The number of halogens is 2. The number of aromatic nitrogens is 3. The van der Waals surface area contributed by atoms with Crippen LogP contribution in [0.25, 0.3) is 11.7 Å². The zero-order valence-corrected chi connectivity index (χ0v) is 14.4. The number of likely N-dealkylation sites (N-methyl/N-ethyl adjacent to an activating group) is 1. The summed E-state index contributed by atoms with van der Waals surface area (Å²) in [6.45, 7) is 0.338. The first-order valence-electron chi connectivity index (χ1n) is 7.22. The van der Waals surface area contributed by atoms with E-state index in [-0.39, 0.29) is 5.91 Å². The summed E-state index contributed by atoms with van der Waals surface area (Å²) in [5, 5.41) is 9.18. The Hall–Kier alpha value is -2.37. The van der Waals surface area contributed by atoms with Gasteiger partial charge in [-0.2, -0.15) is 0 Å². The molecule has 7 heteroatoms. The molecule has 3 aromatic rings. The fourth-order valence-corrected chi connectivity index (χ4v) is 2.76. The minimum atomic E-state index is -0.182. The molecular weight excluding hydrogens is 347 g/mol. The second kappa shape index (κ2) is 7.03. The standard InChI is InChI=1S/C17H14Cl2N4O/c1-22(11-16-21-20-15-7-2-3-10-23(15)16)17(24)9-8-12-13(18)5-4-6-14(12)19/h2-10H,11H2,1H3/b9-8+. The number of hydrogen-bond acceptors (Lipinski definition) is 3. The molecule has 0 saturated carbocycles. The third-order valence-electron chi connectivity index (χ3n) is 3.53. The molecule has 3 rings (SSSR count). The Kier molecular flexibility index (Phi) is 4.83. The van der Waals surface area contributed by atoms with Gasteiger partial charge >= 0.3 is 0 Å². The van der Waals surface area contributed by atoms with Crippen molar-refractivity contribution in [2.75, 3.05) is 7.05 Å². The molecule has 0 fully saturated rings. The molecule has 0 bridgehead atoms. The number of nitrogens with zero attached hydrogens (tertiary/aromatic N) is 4. The van der Waals surface area contributed by atoms with Crippen molar-refractivity contribution in [2.24, 2.45) is 0 Å². The first kappa shape index (κ1) is 16.5. The second-order valence-electron chi connectivity index (χ2n) is 5.21. The Balaban J connectivity index is 1.74. The van der Waals surface area contributed by atoms with Gasteiger partial charge in [-0.3, -0.25) is 9.20 Å². The SMILES string of the molecule is CN(Cc1nnc2ccccn12)C(=O)/C=C/c1c(Cl)cccc1Cl. The number of hydrogen-bond donors (Lipinski definition) is 0. The third-order valence-corrected chi connectivity index (χ3v) is 4.19. The number of amides is 1. The first-order valence-corrected chi connectivity index (χ1v) is 7.97. The van der Waals surface area contributed by atoms with E-state index >= 15 is 0 Å². The predicted octanol–water partition coefficient (Wildman–Crippen LogP) is 3.71. The topological polar surface area (TPSA) is 50.5 Å². The van der Waals surface area contributed by atoms with Gasteiger partial charge in [0, 0.05) is 34.9 Å². The molecule has 0 atom stereocenters. The molecule has 24 heavy (non-hydrogen) atoms. The Bertz CT molecular complexity index is 900. The molecule has 0 N–H and O–H groups in total. The maximum Gasteiger partial charge on any atom is 0.246 e. The predicted molar refractivity (Wildman–Crippen MR) is 95.0 cm³/mol. The molecule has 122 valence electrons. The van der Waals surface area contributed by atoms with Crippen molar-refractivity contribution in [1.82, 2.24) is 19.5 Å². The van der Waals surface area contributed by atoms with Crippen molar-refractivity contribution in [1.29, 1.82) is 0 Å². The van der Waals surface area contributed by atoms with Crippen molar-refractivity contribution in [3.05, 3.63) is 70.1 Å². The van der Waals surface area contributed by atoms with Crippen molar-refractivity contribution < 1.29 is 4.79 Å². The lowest BCUT2D eigenvalue weighted by atomic mass is 10.2. The zero-order chi connectivity index (χ0) is 17.1. The summed E-state index contributed by atoms with van der Waals surface area (Å²) in [6, 6.07) is 10.8. The third kappa shape index (κ3) is 3.42. The maximum atomic E-state index is 12.3. The second-order valence-corrected chi connectivity index (χ2v) is 6.02. The highest BCUT2D eigenvalue weighted by Gasteiger charge is 2.11. The Morgan fingerprint density at radius 3 is 2.67 bits per heavy atom. The van der Waals surface area contributed by atoms with Gasteiger partial charge < -0.3 is 4.90 Å². The van der Waals surface area contributed by atoms with Crippen LogP contribution in [0.4, 0.5) is 0 Å². The van der Waals surface area contributed by atoms with Gasteiger partial charge in [-0.05, 0) is 30.3 Å².